The number of hydrogen-bond donors (Lipinski definition) is 2. The molecule has 0 aliphatic heterocycles. The van der Waals surface area contributed by atoms with Gasteiger partial charge in [-0.1, -0.05) is 31.0 Å². The van der Waals surface area contributed by atoms with Crippen LogP contribution in [-0.2, 0) is 4.79 Å². The van der Waals surface area contributed by atoms with Crippen LogP contribution in [0.25, 0.3) is 0 Å². The molecular weight excluding hydrogens is 212 g/mol. The van der Waals surface area contributed by atoms with E-state index in [0.717, 1.165) is 17.7 Å². The Labute approximate surface area is 103 Å². The highest BCUT2D eigenvalue weighted by molar-refractivity contribution is 5.91. The van der Waals surface area contributed by atoms with E-state index < -0.39 is 0 Å². The smallest absolute Gasteiger partial charge is 0.224 e. The Hall–Kier alpha value is -1.35. The van der Waals surface area contributed by atoms with E-state index in [-0.39, 0.29) is 11.8 Å². The SMILES string of the molecule is CCC(CN)CC(=O)Nc1ccc(C)cc1C. The lowest BCUT2D eigenvalue weighted by Crippen LogP contribution is -2.22. The van der Waals surface area contributed by atoms with Crippen LogP contribution in [0, 0.1) is 19.8 Å². The van der Waals surface area contributed by atoms with Crippen molar-refractivity contribution in [1.29, 1.82) is 0 Å². The lowest BCUT2D eigenvalue weighted by atomic mass is 10.0. The van der Waals surface area contributed by atoms with E-state index in [1.807, 2.05) is 26.0 Å². The van der Waals surface area contributed by atoms with Crippen molar-refractivity contribution in [2.45, 2.75) is 33.6 Å². The summed E-state index contributed by atoms with van der Waals surface area (Å²) < 4.78 is 0. The van der Waals surface area contributed by atoms with Crippen molar-refractivity contribution in [1.82, 2.24) is 0 Å². The molecule has 0 heterocycles. The molecule has 1 aromatic rings. The summed E-state index contributed by atoms with van der Waals surface area (Å²) in [4.78, 5) is 11.8. The van der Waals surface area contributed by atoms with Crippen LogP contribution >= 0.6 is 0 Å². The zero-order valence-electron chi connectivity index (χ0n) is 10.9. The summed E-state index contributed by atoms with van der Waals surface area (Å²) in [6.07, 6.45) is 1.44. The van der Waals surface area contributed by atoms with E-state index in [1.54, 1.807) is 0 Å². The average Bonchev–Trinajstić information content (AvgIpc) is 2.29. The van der Waals surface area contributed by atoms with Gasteiger partial charge in [-0.3, -0.25) is 4.79 Å². The van der Waals surface area contributed by atoms with Crippen molar-refractivity contribution in [3.8, 4) is 0 Å². The number of anilines is 1. The minimum Gasteiger partial charge on any atom is -0.330 e. The second kappa shape index (κ2) is 6.40. The molecule has 1 aromatic carbocycles. The molecule has 3 N–H and O–H groups in total. The van der Waals surface area contributed by atoms with Gasteiger partial charge in [0.1, 0.15) is 0 Å². The molecule has 0 bridgehead atoms. The van der Waals surface area contributed by atoms with E-state index in [2.05, 4.69) is 18.3 Å². The number of carbonyl (C=O) groups is 1. The molecule has 0 aliphatic carbocycles. The van der Waals surface area contributed by atoms with Crippen LogP contribution < -0.4 is 11.1 Å². The summed E-state index contributed by atoms with van der Waals surface area (Å²) in [7, 11) is 0. The number of aryl methyl sites for hydroxylation is 2. The fraction of sp³-hybridized carbons (Fsp3) is 0.500. The number of rotatable bonds is 5. The molecule has 1 atom stereocenters. The number of nitrogens with two attached hydrogens (primary N) is 1. The summed E-state index contributed by atoms with van der Waals surface area (Å²) in [5.41, 5.74) is 8.79. The van der Waals surface area contributed by atoms with Gasteiger partial charge in [0.2, 0.25) is 5.91 Å². The zero-order chi connectivity index (χ0) is 12.8. The Morgan fingerprint density at radius 3 is 2.65 bits per heavy atom. The lowest BCUT2D eigenvalue weighted by Gasteiger charge is -2.13. The maximum atomic E-state index is 11.8. The van der Waals surface area contributed by atoms with Crippen molar-refractivity contribution in [2.24, 2.45) is 11.7 Å². The predicted octanol–water partition coefficient (Wildman–Crippen LogP) is 2.62. The lowest BCUT2D eigenvalue weighted by molar-refractivity contribution is -0.117. The van der Waals surface area contributed by atoms with Crippen LogP contribution in [-0.4, -0.2) is 12.5 Å². The minimum absolute atomic E-state index is 0.0502. The number of amides is 1. The molecular formula is C14H22N2O. The number of benzene rings is 1. The molecule has 1 amide bonds. The normalized spacial score (nSPS) is 12.2. The van der Waals surface area contributed by atoms with Crippen LogP contribution in [0.2, 0.25) is 0 Å². The Bertz CT molecular complexity index is 384. The monoisotopic (exact) mass is 234 g/mol. The van der Waals surface area contributed by atoms with Gasteiger partial charge in [0.25, 0.3) is 0 Å². The third-order valence-electron chi connectivity index (χ3n) is 3.04. The first-order valence-electron chi connectivity index (χ1n) is 6.14. The van der Waals surface area contributed by atoms with E-state index in [0.29, 0.717) is 13.0 Å². The molecule has 1 unspecified atom stereocenters. The highest BCUT2D eigenvalue weighted by atomic mass is 16.1. The van der Waals surface area contributed by atoms with E-state index >= 15 is 0 Å². The molecule has 94 valence electrons. The summed E-state index contributed by atoms with van der Waals surface area (Å²) in [5.74, 6) is 0.329. The van der Waals surface area contributed by atoms with Crippen molar-refractivity contribution in [2.75, 3.05) is 11.9 Å². The predicted molar refractivity (Wildman–Crippen MR) is 72.0 cm³/mol. The molecule has 3 nitrogen and oxygen atoms in total. The largest absolute Gasteiger partial charge is 0.330 e. The highest BCUT2D eigenvalue weighted by Crippen LogP contribution is 2.17. The van der Waals surface area contributed by atoms with Gasteiger partial charge >= 0.3 is 0 Å². The molecule has 3 heteroatoms. The summed E-state index contributed by atoms with van der Waals surface area (Å²) >= 11 is 0. The van der Waals surface area contributed by atoms with Crippen LogP contribution in [0.3, 0.4) is 0 Å². The van der Waals surface area contributed by atoms with E-state index in [1.165, 1.54) is 5.56 Å². The van der Waals surface area contributed by atoms with Gasteiger partial charge in [0.15, 0.2) is 0 Å². The molecule has 0 aromatic heterocycles. The minimum atomic E-state index is 0.0502. The van der Waals surface area contributed by atoms with Crippen molar-refractivity contribution < 1.29 is 4.79 Å². The number of hydrogen-bond acceptors (Lipinski definition) is 2. The van der Waals surface area contributed by atoms with E-state index in [4.69, 9.17) is 5.73 Å². The van der Waals surface area contributed by atoms with Crippen LogP contribution in [0.1, 0.15) is 30.9 Å². The van der Waals surface area contributed by atoms with Crippen molar-refractivity contribution in [3.05, 3.63) is 29.3 Å². The fourth-order valence-corrected chi connectivity index (χ4v) is 1.81. The second-order valence-corrected chi connectivity index (χ2v) is 4.58. The molecule has 0 saturated carbocycles. The first-order valence-corrected chi connectivity index (χ1v) is 6.14. The highest BCUT2D eigenvalue weighted by Gasteiger charge is 2.11. The maximum absolute atomic E-state index is 11.8. The summed E-state index contributed by atoms with van der Waals surface area (Å²) in [6.45, 7) is 6.67. The van der Waals surface area contributed by atoms with Gasteiger partial charge in [-0.25, -0.2) is 0 Å². The zero-order valence-corrected chi connectivity index (χ0v) is 10.9. The number of nitrogens with one attached hydrogen (secondary N) is 1. The standard InChI is InChI=1S/C14H22N2O/c1-4-12(9-15)8-14(17)16-13-6-5-10(2)7-11(13)3/h5-7,12H,4,8-9,15H2,1-3H3,(H,16,17). The van der Waals surface area contributed by atoms with Crippen LogP contribution in [0.15, 0.2) is 18.2 Å². The fourth-order valence-electron chi connectivity index (χ4n) is 1.81. The molecule has 17 heavy (non-hydrogen) atoms. The number of carbonyl (C=O) groups excluding carboxylic acids is 1. The Kier molecular flexibility index (Phi) is 5.16. The van der Waals surface area contributed by atoms with Gasteiger partial charge in [0, 0.05) is 12.1 Å². The van der Waals surface area contributed by atoms with E-state index in [9.17, 15) is 4.79 Å². The molecule has 0 aliphatic rings. The maximum Gasteiger partial charge on any atom is 0.224 e. The van der Waals surface area contributed by atoms with Gasteiger partial charge in [0.05, 0.1) is 0 Å². The topological polar surface area (TPSA) is 55.1 Å². The molecule has 1 rings (SSSR count). The van der Waals surface area contributed by atoms with Crippen molar-refractivity contribution in [3.63, 3.8) is 0 Å². The van der Waals surface area contributed by atoms with Crippen molar-refractivity contribution >= 4 is 11.6 Å². The Morgan fingerprint density at radius 1 is 1.41 bits per heavy atom. The van der Waals surface area contributed by atoms with Gasteiger partial charge in [-0.2, -0.15) is 0 Å². The summed E-state index contributed by atoms with van der Waals surface area (Å²) in [5, 5.41) is 2.94. The Morgan fingerprint density at radius 2 is 2.12 bits per heavy atom. The molecule has 0 spiro atoms. The van der Waals surface area contributed by atoms with Crippen LogP contribution in [0.5, 0.6) is 0 Å². The molecule has 0 radical (unpaired) electrons. The Balaban J connectivity index is 2.62. The average molecular weight is 234 g/mol. The molecule has 0 fully saturated rings. The first-order chi connectivity index (χ1) is 8.06. The quantitative estimate of drug-likeness (QED) is 0.822. The second-order valence-electron chi connectivity index (χ2n) is 4.58. The van der Waals surface area contributed by atoms with Gasteiger partial charge in [-0.15, -0.1) is 0 Å². The third-order valence-corrected chi connectivity index (χ3v) is 3.04. The van der Waals surface area contributed by atoms with Gasteiger partial charge < -0.3 is 11.1 Å². The first kappa shape index (κ1) is 13.7. The molecule has 0 saturated heterocycles. The third kappa shape index (κ3) is 4.19. The summed E-state index contributed by atoms with van der Waals surface area (Å²) in [6, 6.07) is 6.02. The van der Waals surface area contributed by atoms with Gasteiger partial charge in [-0.05, 0) is 37.9 Å². The van der Waals surface area contributed by atoms with Crippen LogP contribution in [0.4, 0.5) is 5.69 Å².